The molecule has 0 aliphatic carbocycles. The summed E-state index contributed by atoms with van der Waals surface area (Å²) < 4.78 is 10.5. The monoisotopic (exact) mass is 311 g/mol. The zero-order valence-corrected chi connectivity index (χ0v) is 12.3. The first kappa shape index (κ1) is 16.9. The number of hydrogen-bond donors (Lipinski definition) is 3. The molecular formula is C15H21NO6. The van der Waals surface area contributed by atoms with Gasteiger partial charge in [0.05, 0.1) is 18.9 Å². The van der Waals surface area contributed by atoms with Crippen molar-refractivity contribution in [3.63, 3.8) is 0 Å². The first-order valence-electron chi connectivity index (χ1n) is 7.08. The lowest BCUT2D eigenvalue weighted by molar-refractivity contribution is -0.289. The summed E-state index contributed by atoms with van der Waals surface area (Å²) in [6.45, 7) is 1.99. The fraction of sp³-hybridized carbons (Fsp3) is 0.533. The van der Waals surface area contributed by atoms with E-state index in [1.54, 1.807) is 6.92 Å². The van der Waals surface area contributed by atoms with Gasteiger partial charge >= 0.3 is 0 Å². The van der Waals surface area contributed by atoms with Crippen molar-refractivity contribution in [2.24, 2.45) is 5.16 Å². The summed E-state index contributed by atoms with van der Waals surface area (Å²) in [4.78, 5) is 5.09. The van der Waals surface area contributed by atoms with E-state index < -0.39 is 30.7 Å². The van der Waals surface area contributed by atoms with Gasteiger partial charge in [-0.25, -0.2) is 0 Å². The molecule has 122 valence electrons. The molecule has 1 fully saturated rings. The van der Waals surface area contributed by atoms with E-state index in [0.717, 1.165) is 5.56 Å². The molecule has 0 amide bonds. The fourth-order valence-electron chi connectivity index (χ4n) is 2.06. The largest absolute Gasteiger partial charge is 0.391 e. The van der Waals surface area contributed by atoms with Crippen LogP contribution < -0.4 is 0 Å². The SMILES string of the molecule is CC1O[C@@H](OCC=NOCc2ccccc2)C(O)C(O)[C@@H]1O. The lowest BCUT2D eigenvalue weighted by Gasteiger charge is -2.38. The predicted octanol–water partition coefficient (Wildman–Crippen LogP) is 0.0331. The Morgan fingerprint density at radius 3 is 2.59 bits per heavy atom. The maximum Gasteiger partial charge on any atom is 0.186 e. The van der Waals surface area contributed by atoms with Crippen LogP contribution in [0.15, 0.2) is 35.5 Å². The average molecular weight is 311 g/mol. The Morgan fingerprint density at radius 1 is 1.14 bits per heavy atom. The Morgan fingerprint density at radius 2 is 1.86 bits per heavy atom. The third-order valence-corrected chi connectivity index (χ3v) is 3.37. The van der Waals surface area contributed by atoms with Crippen LogP contribution in [0.3, 0.4) is 0 Å². The molecule has 7 nitrogen and oxygen atoms in total. The van der Waals surface area contributed by atoms with E-state index in [1.165, 1.54) is 6.21 Å². The normalized spacial score (nSPS) is 32.3. The van der Waals surface area contributed by atoms with Gasteiger partial charge in [0.25, 0.3) is 0 Å². The molecule has 0 spiro atoms. The standard InChI is InChI=1S/C15H21NO6/c1-10-12(17)13(18)14(19)15(22-10)20-8-7-16-21-9-11-5-3-2-4-6-11/h2-7,10,12-15,17-19H,8-9H2,1H3/t10?,12-,13?,14?,15-/m1/s1. The van der Waals surface area contributed by atoms with Crippen molar-refractivity contribution in [1.29, 1.82) is 0 Å². The zero-order chi connectivity index (χ0) is 15.9. The molecule has 2 rings (SSSR count). The molecule has 5 atom stereocenters. The van der Waals surface area contributed by atoms with E-state index in [4.69, 9.17) is 14.3 Å². The molecule has 1 aromatic rings. The number of benzene rings is 1. The Kier molecular flexibility index (Phi) is 6.29. The molecule has 1 heterocycles. The molecule has 0 aromatic heterocycles. The van der Waals surface area contributed by atoms with Gasteiger partial charge in [0, 0.05) is 0 Å². The van der Waals surface area contributed by atoms with Gasteiger partial charge in [-0.05, 0) is 12.5 Å². The summed E-state index contributed by atoms with van der Waals surface area (Å²) in [6, 6.07) is 9.59. The average Bonchev–Trinajstić information content (AvgIpc) is 2.54. The molecule has 0 radical (unpaired) electrons. The highest BCUT2D eigenvalue weighted by Crippen LogP contribution is 2.21. The minimum Gasteiger partial charge on any atom is -0.391 e. The number of hydrogen-bond acceptors (Lipinski definition) is 7. The summed E-state index contributed by atoms with van der Waals surface area (Å²) >= 11 is 0. The second kappa shape index (κ2) is 8.21. The highest BCUT2D eigenvalue weighted by molar-refractivity contribution is 5.57. The van der Waals surface area contributed by atoms with Gasteiger partial charge in [0.1, 0.15) is 24.9 Å². The number of aliphatic hydroxyl groups excluding tert-OH is 3. The number of rotatable bonds is 6. The molecule has 1 aliphatic heterocycles. The third kappa shape index (κ3) is 4.49. The topological polar surface area (TPSA) is 101 Å². The zero-order valence-electron chi connectivity index (χ0n) is 12.3. The van der Waals surface area contributed by atoms with Crippen LogP contribution in [0.25, 0.3) is 0 Å². The van der Waals surface area contributed by atoms with Gasteiger partial charge in [0.2, 0.25) is 0 Å². The molecule has 0 bridgehead atoms. The first-order valence-corrected chi connectivity index (χ1v) is 7.08. The van der Waals surface area contributed by atoms with E-state index >= 15 is 0 Å². The second-order valence-electron chi connectivity index (χ2n) is 5.06. The summed E-state index contributed by atoms with van der Waals surface area (Å²) in [7, 11) is 0. The highest BCUT2D eigenvalue weighted by atomic mass is 16.7. The van der Waals surface area contributed by atoms with Gasteiger partial charge in [-0.3, -0.25) is 0 Å². The Labute approximate surface area is 128 Å². The molecule has 1 aromatic carbocycles. The smallest absolute Gasteiger partial charge is 0.186 e. The minimum atomic E-state index is -1.31. The lowest BCUT2D eigenvalue weighted by atomic mass is 10.0. The molecule has 1 aliphatic rings. The lowest BCUT2D eigenvalue weighted by Crippen LogP contribution is -2.57. The number of nitrogens with zero attached hydrogens (tertiary/aromatic N) is 1. The van der Waals surface area contributed by atoms with E-state index in [9.17, 15) is 15.3 Å². The highest BCUT2D eigenvalue weighted by Gasteiger charge is 2.42. The van der Waals surface area contributed by atoms with Crippen LogP contribution in [0.1, 0.15) is 12.5 Å². The van der Waals surface area contributed by atoms with Gasteiger partial charge in [-0.1, -0.05) is 35.5 Å². The van der Waals surface area contributed by atoms with Crippen LogP contribution in [-0.4, -0.2) is 58.8 Å². The predicted molar refractivity (Wildman–Crippen MR) is 78.0 cm³/mol. The van der Waals surface area contributed by atoms with Crippen molar-refractivity contribution in [1.82, 2.24) is 0 Å². The summed E-state index contributed by atoms with van der Waals surface area (Å²) in [5.74, 6) is 0. The van der Waals surface area contributed by atoms with E-state index in [-0.39, 0.29) is 6.61 Å². The van der Waals surface area contributed by atoms with Crippen molar-refractivity contribution in [2.45, 2.75) is 44.2 Å². The fourth-order valence-corrected chi connectivity index (χ4v) is 2.06. The van der Waals surface area contributed by atoms with Crippen LogP contribution >= 0.6 is 0 Å². The summed E-state index contributed by atoms with van der Waals surface area (Å²) in [5.41, 5.74) is 0.998. The van der Waals surface area contributed by atoms with E-state index in [1.807, 2.05) is 30.3 Å². The quantitative estimate of drug-likeness (QED) is 0.506. The Hall–Kier alpha value is -1.51. The van der Waals surface area contributed by atoms with Gasteiger partial charge in [0.15, 0.2) is 6.29 Å². The minimum absolute atomic E-state index is 0.0477. The van der Waals surface area contributed by atoms with Crippen LogP contribution in [-0.2, 0) is 20.9 Å². The maximum absolute atomic E-state index is 9.74. The van der Waals surface area contributed by atoms with E-state index in [0.29, 0.717) is 6.61 Å². The second-order valence-corrected chi connectivity index (χ2v) is 5.06. The van der Waals surface area contributed by atoms with Gasteiger partial charge in [-0.2, -0.15) is 0 Å². The third-order valence-electron chi connectivity index (χ3n) is 3.37. The number of oxime groups is 1. The van der Waals surface area contributed by atoms with Crippen molar-refractivity contribution in [3.05, 3.63) is 35.9 Å². The van der Waals surface area contributed by atoms with Crippen molar-refractivity contribution in [2.75, 3.05) is 6.61 Å². The molecule has 22 heavy (non-hydrogen) atoms. The van der Waals surface area contributed by atoms with Crippen LogP contribution in [0.5, 0.6) is 0 Å². The van der Waals surface area contributed by atoms with Crippen molar-refractivity contribution >= 4 is 6.21 Å². The van der Waals surface area contributed by atoms with Crippen LogP contribution in [0.2, 0.25) is 0 Å². The molecule has 3 N–H and O–H groups in total. The Bertz CT molecular complexity index is 468. The molecule has 0 saturated carbocycles. The molecular weight excluding hydrogens is 290 g/mol. The van der Waals surface area contributed by atoms with Crippen molar-refractivity contribution < 1.29 is 29.6 Å². The van der Waals surface area contributed by atoms with Crippen molar-refractivity contribution in [3.8, 4) is 0 Å². The number of ether oxygens (including phenoxy) is 2. The summed E-state index contributed by atoms with van der Waals surface area (Å²) in [5, 5.41) is 32.7. The van der Waals surface area contributed by atoms with Gasteiger partial charge in [-0.15, -0.1) is 0 Å². The molecule has 3 unspecified atom stereocenters. The summed E-state index contributed by atoms with van der Waals surface area (Å²) in [6.07, 6.45) is -4.02. The molecule has 1 saturated heterocycles. The Balaban J connectivity index is 1.68. The van der Waals surface area contributed by atoms with E-state index in [2.05, 4.69) is 5.16 Å². The van der Waals surface area contributed by atoms with Crippen LogP contribution in [0.4, 0.5) is 0 Å². The number of aliphatic hydroxyl groups is 3. The molecule has 7 heteroatoms. The van der Waals surface area contributed by atoms with Crippen LogP contribution in [0, 0.1) is 0 Å². The van der Waals surface area contributed by atoms with Gasteiger partial charge < -0.3 is 29.6 Å². The maximum atomic E-state index is 9.74. The first-order chi connectivity index (χ1) is 10.6.